The first-order valence-electron chi connectivity index (χ1n) is 4.96. The van der Waals surface area contributed by atoms with Gasteiger partial charge in [0.25, 0.3) is 10.2 Å². The molecule has 4 nitrogen and oxygen atoms in total. The van der Waals surface area contributed by atoms with Crippen LogP contribution in [0.2, 0.25) is 0 Å². The van der Waals surface area contributed by atoms with Gasteiger partial charge in [0.1, 0.15) is 5.82 Å². The zero-order chi connectivity index (χ0) is 11.9. The van der Waals surface area contributed by atoms with Crippen molar-refractivity contribution < 1.29 is 12.8 Å². The van der Waals surface area contributed by atoms with E-state index >= 15 is 0 Å². The van der Waals surface area contributed by atoms with Crippen LogP contribution in [-0.2, 0) is 16.6 Å². The van der Waals surface area contributed by atoms with Crippen molar-refractivity contribution in [3.05, 3.63) is 34.6 Å². The van der Waals surface area contributed by atoms with Crippen molar-refractivity contribution in [3.8, 4) is 0 Å². The van der Waals surface area contributed by atoms with E-state index in [1.807, 2.05) is 0 Å². The normalized spacial score (nSPS) is 19.8. The lowest BCUT2D eigenvalue weighted by atomic mass is 10.0. The Hall–Kier alpha value is -0.980. The molecule has 16 heavy (non-hydrogen) atoms. The molecule has 2 rings (SSSR count). The van der Waals surface area contributed by atoms with Gasteiger partial charge >= 0.3 is 0 Å². The molecule has 1 atom stereocenters. The summed E-state index contributed by atoms with van der Waals surface area (Å²) in [6.45, 7) is 1.77. The largest absolute Gasteiger partial charge is 0.274 e. The van der Waals surface area contributed by atoms with Gasteiger partial charge in [0.2, 0.25) is 0 Å². The molecule has 0 fully saturated rings. The van der Waals surface area contributed by atoms with Gasteiger partial charge in [-0.25, -0.2) is 9.53 Å². The van der Waals surface area contributed by atoms with Gasteiger partial charge in [-0.15, -0.1) is 0 Å². The Balaban J connectivity index is 2.40. The van der Waals surface area contributed by atoms with E-state index < -0.39 is 10.2 Å². The zero-order valence-electron chi connectivity index (χ0n) is 8.83. The molecule has 1 aliphatic rings. The monoisotopic (exact) mass is 244 g/mol. The molecule has 1 aliphatic carbocycles. The van der Waals surface area contributed by atoms with E-state index in [9.17, 15) is 12.8 Å². The van der Waals surface area contributed by atoms with Gasteiger partial charge in [-0.1, -0.05) is 0 Å². The predicted octanol–water partition coefficient (Wildman–Crippen LogP) is 0.915. The smallest absolute Gasteiger partial charge is 0.216 e. The van der Waals surface area contributed by atoms with Crippen LogP contribution >= 0.6 is 0 Å². The van der Waals surface area contributed by atoms with Crippen LogP contribution in [0.5, 0.6) is 0 Å². The van der Waals surface area contributed by atoms with Gasteiger partial charge < -0.3 is 0 Å². The van der Waals surface area contributed by atoms with Gasteiger partial charge in [-0.2, -0.15) is 13.1 Å². The number of hydrogen-bond donors (Lipinski definition) is 2. The molecule has 0 heterocycles. The Labute approximate surface area is 93.8 Å². The lowest BCUT2D eigenvalue weighted by Gasteiger charge is -2.14. The van der Waals surface area contributed by atoms with Gasteiger partial charge in [0, 0.05) is 6.04 Å². The molecule has 0 bridgehead atoms. The Kier molecular flexibility index (Phi) is 2.73. The summed E-state index contributed by atoms with van der Waals surface area (Å²) in [6.07, 6.45) is 1.29. The second kappa shape index (κ2) is 3.80. The molecule has 0 saturated heterocycles. The SMILES string of the molecule is Cc1cc(F)cc2c1C(NS(N)(=O)=O)CC2. The predicted molar refractivity (Wildman–Crippen MR) is 58.4 cm³/mol. The summed E-state index contributed by atoms with van der Waals surface area (Å²) < 4.78 is 37.4. The summed E-state index contributed by atoms with van der Waals surface area (Å²) in [6, 6.07) is 2.53. The Bertz CT molecular complexity index is 528. The first kappa shape index (κ1) is 11.5. The molecular weight excluding hydrogens is 231 g/mol. The number of fused-ring (bicyclic) bond motifs is 1. The fourth-order valence-corrected chi connectivity index (χ4v) is 2.92. The highest BCUT2D eigenvalue weighted by Crippen LogP contribution is 2.34. The average Bonchev–Trinajstić information content (AvgIpc) is 2.44. The van der Waals surface area contributed by atoms with Crippen LogP contribution in [0.4, 0.5) is 4.39 Å². The highest BCUT2D eigenvalue weighted by atomic mass is 32.2. The highest BCUT2D eigenvalue weighted by molar-refractivity contribution is 7.87. The van der Waals surface area contributed by atoms with Crippen LogP contribution in [0.3, 0.4) is 0 Å². The van der Waals surface area contributed by atoms with E-state index in [-0.39, 0.29) is 11.9 Å². The van der Waals surface area contributed by atoms with Crippen LogP contribution in [0.15, 0.2) is 12.1 Å². The van der Waals surface area contributed by atoms with Crippen molar-refractivity contribution in [2.75, 3.05) is 0 Å². The zero-order valence-corrected chi connectivity index (χ0v) is 9.64. The second-order valence-electron chi connectivity index (χ2n) is 4.05. The van der Waals surface area contributed by atoms with E-state index in [0.717, 1.165) is 16.7 Å². The van der Waals surface area contributed by atoms with Crippen molar-refractivity contribution >= 4 is 10.2 Å². The first-order valence-corrected chi connectivity index (χ1v) is 6.50. The first-order chi connectivity index (χ1) is 7.37. The summed E-state index contributed by atoms with van der Waals surface area (Å²) in [5, 5.41) is 4.94. The average molecular weight is 244 g/mol. The third kappa shape index (κ3) is 2.23. The maximum absolute atomic E-state index is 13.1. The minimum Gasteiger partial charge on any atom is -0.216 e. The molecule has 0 amide bonds. The van der Waals surface area contributed by atoms with Gasteiger partial charge in [0.05, 0.1) is 0 Å². The number of halogens is 1. The van der Waals surface area contributed by atoms with Crippen molar-refractivity contribution in [1.82, 2.24) is 4.72 Å². The molecule has 6 heteroatoms. The van der Waals surface area contributed by atoms with E-state index in [0.29, 0.717) is 12.8 Å². The molecule has 0 saturated carbocycles. The number of nitrogens with two attached hydrogens (primary N) is 1. The third-order valence-electron chi connectivity index (χ3n) is 2.79. The number of hydrogen-bond acceptors (Lipinski definition) is 2. The van der Waals surface area contributed by atoms with Gasteiger partial charge in [0.15, 0.2) is 0 Å². The Morgan fingerprint density at radius 1 is 1.50 bits per heavy atom. The summed E-state index contributed by atoms with van der Waals surface area (Å²) in [5.74, 6) is -0.285. The topological polar surface area (TPSA) is 72.2 Å². The van der Waals surface area contributed by atoms with Crippen LogP contribution < -0.4 is 9.86 Å². The molecular formula is C10H13FN2O2S. The minimum atomic E-state index is -3.72. The summed E-state index contributed by atoms with van der Waals surface area (Å²) >= 11 is 0. The Morgan fingerprint density at radius 2 is 2.19 bits per heavy atom. The molecule has 1 unspecified atom stereocenters. The van der Waals surface area contributed by atoms with E-state index in [1.54, 1.807) is 6.92 Å². The molecule has 3 N–H and O–H groups in total. The van der Waals surface area contributed by atoms with Crippen molar-refractivity contribution in [1.29, 1.82) is 0 Å². The maximum atomic E-state index is 13.1. The fourth-order valence-electron chi connectivity index (χ4n) is 2.29. The molecule has 1 aromatic rings. The van der Waals surface area contributed by atoms with Crippen LogP contribution in [0.25, 0.3) is 0 Å². The second-order valence-corrected chi connectivity index (χ2v) is 5.38. The molecule has 0 radical (unpaired) electrons. The quantitative estimate of drug-likeness (QED) is 0.811. The molecule has 88 valence electrons. The van der Waals surface area contributed by atoms with Crippen molar-refractivity contribution in [3.63, 3.8) is 0 Å². The minimum absolute atomic E-state index is 0.285. The summed E-state index contributed by atoms with van der Waals surface area (Å²) in [7, 11) is -3.72. The summed E-state index contributed by atoms with van der Waals surface area (Å²) in [4.78, 5) is 0. The van der Waals surface area contributed by atoms with E-state index in [1.165, 1.54) is 12.1 Å². The summed E-state index contributed by atoms with van der Waals surface area (Å²) in [5.41, 5.74) is 2.47. The van der Waals surface area contributed by atoms with E-state index in [2.05, 4.69) is 4.72 Å². The van der Waals surface area contributed by atoms with Crippen LogP contribution in [0.1, 0.15) is 29.2 Å². The molecule has 0 spiro atoms. The number of nitrogens with one attached hydrogen (secondary N) is 1. The maximum Gasteiger partial charge on any atom is 0.274 e. The lowest BCUT2D eigenvalue weighted by molar-refractivity contribution is 0.555. The van der Waals surface area contributed by atoms with Crippen LogP contribution in [-0.4, -0.2) is 8.42 Å². The van der Waals surface area contributed by atoms with E-state index in [4.69, 9.17) is 5.14 Å². The van der Waals surface area contributed by atoms with Crippen LogP contribution in [0, 0.1) is 12.7 Å². The van der Waals surface area contributed by atoms with Gasteiger partial charge in [-0.05, 0) is 48.6 Å². The molecule has 0 aromatic heterocycles. The highest BCUT2D eigenvalue weighted by Gasteiger charge is 2.27. The van der Waals surface area contributed by atoms with Crippen molar-refractivity contribution in [2.24, 2.45) is 5.14 Å². The number of aryl methyl sites for hydroxylation is 2. The fraction of sp³-hybridized carbons (Fsp3) is 0.400. The number of benzene rings is 1. The number of rotatable bonds is 2. The Morgan fingerprint density at radius 3 is 2.81 bits per heavy atom. The van der Waals surface area contributed by atoms with Crippen molar-refractivity contribution in [2.45, 2.75) is 25.8 Å². The lowest BCUT2D eigenvalue weighted by Crippen LogP contribution is -2.33. The third-order valence-corrected chi connectivity index (χ3v) is 3.41. The van der Waals surface area contributed by atoms with Gasteiger partial charge in [-0.3, -0.25) is 0 Å². The molecule has 1 aromatic carbocycles. The standard InChI is InChI=1S/C10H13FN2O2S/c1-6-4-8(11)5-7-2-3-9(10(6)7)13-16(12,14)15/h4-5,9,13H,2-3H2,1H3,(H2,12,14,15). The molecule has 0 aliphatic heterocycles.